The summed E-state index contributed by atoms with van der Waals surface area (Å²) in [6, 6.07) is 36.4. The highest BCUT2D eigenvalue weighted by Gasteiger charge is 2.38. The van der Waals surface area contributed by atoms with Gasteiger partial charge in [0, 0.05) is 112 Å². The second kappa shape index (κ2) is 33.8. The number of carbonyl (C=O) groups is 3. The fourth-order valence-corrected chi connectivity index (χ4v) is 13.1. The first-order valence-corrected chi connectivity index (χ1v) is 33.9. The van der Waals surface area contributed by atoms with Crippen molar-refractivity contribution < 1.29 is 59.3 Å². The Morgan fingerprint density at radius 3 is 1.83 bits per heavy atom. The average molecular weight is 1400 g/mol. The Morgan fingerprint density at radius 1 is 0.660 bits per heavy atom. The van der Waals surface area contributed by atoms with Crippen LogP contribution in [-0.4, -0.2) is 106 Å². The number of amides is 1. The predicted octanol–water partition coefficient (Wildman–Crippen LogP) is 18.3. The van der Waals surface area contributed by atoms with E-state index in [0.29, 0.717) is 48.1 Å². The van der Waals surface area contributed by atoms with Crippen molar-refractivity contribution in [3.8, 4) is 11.5 Å². The van der Waals surface area contributed by atoms with E-state index in [4.69, 9.17) is 30.8 Å². The van der Waals surface area contributed by atoms with Gasteiger partial charge in [-0.3, -0.25) is 39.3 Å². The number of halogens is 8. The van der Waals surface area contributed by atoms with Crippen LogP contribution in [-0.2, 0) is 45.2 Å². The van der Waals surface area contributed by atoms with Gasteiger partial charge in [0.15, 0.2) is 0 Å². The van der Waals surface area contributed by atoms with Gasteiger partial charge < -0.3 is 19.1 Å². The second-order valence-electron chi connectivity index (χ2n) is 25.4. The molecule has 4 aromatic carbocycles. The summed E-state index contributed by atoms with van der Waals surface area (Å²) >= 11 is 6.30. The first-order valence-electron chi connectivity index (χ1n) is 33.5. The van der Waals surface area contributed by atoms with Crippen molar-refractivity contribution in [1.82, 2.24) is 34.6 Å². The number of likely N-dealkylation sites (tertiary alicyclic amines) is 3. The van der Waals surface area contributed by atoms with Crippen LogP contribution in [0.15, 0.2) is 170 Å². The summed E-state index contributed by atoms with van der Waals surface area (Å²) in [6.07, 6.45) is 12.7. The summed E-state index contributed by atoms with van der Waals surface area (Å²) in [5, 5.41) is 0.774. The largest absolute Gasteiger partial charge is 0.450 e. The maximum atomic E-state index is 13.9. The van der Waals surface area contributed by atoms with Gasteiger partial charge in [-0.25, -0.2) is 22.4 Å². The molecule has 100 heavy (non-hydrogen) atoms. The summed E-state index contributed by atoms with van der Waals surface area (Å²) < 4.78 is 109. The maximum Gasteiger partial charge on any atom is 0.416 e. The highest BCUT2D eigenvalue weighted by Crippen LogP contribution is 2.42. The highest BCUT2D eigenvalue weighted by atomic mass is 35.5. The summed E-state index contributed by atoms with van der Waals surface area (Å²) in [4.78, 5) is 57.9. The third kappa shape index (κ3) is 20.1. The number of esters is 2. The molecule has 1 amide bonds. The molecule has 0 bridgehead atoms. The molecule has 12 rings (SSSR count). The monoisotopic (exact) mass is 1390 g/mol. The van der Waals surface area contributed by atoms with Crippen LogP contribution in [0.25, 0.3) is 11.1 Å². The number of aromatic nitrogens is 4. The lowest BCUT2D eigenvalue weighted by Crippen LogP contribution is -2.37. The van der Waals surface area contributed by atoms with E-state index in [1.54, 1.807) is 53.4 Å². The molecular formula is C79H83ClF7N7O6. The molecule has 3 fully saturated rings. The molecule has 0 radical (unpaired) electrons. The predicted molar refractivity (Wildman–Crippen MR) is 374 cm³/mol. The fourth-order valence-electron chi connectivity index (χ4n) is 12.9. The van der Waals surface area contributed by atoms with Gasteiger partial charge in [0.05, 0.1) is 35.2 Å². The number of hydrogen-bond acceptors (Lipinski definition) is 12. The van der Waals surface area contributed by atoms with Crippen LogP contribution in [0.1, 0.15) is 169 Å². The standard InChI is InChI=1S/C24H21F2NO4.C23H25ClN2O2.C21H24F2N2.C11H13F3N2/c1-15(28)30-20-8-4-17(5-9-20)23(18-6-10-21(11-7-18)31-16(2)29)22-14-19(12-13-27-22)24(3,25)26;1-3-28-23(27)26-12-9-16(10-13-26)21-20-7-5-18(24)14-17(20)4-6-19-15(2)8-11-25-22(19)21;1-16-5-7-17(8-6-16)19(10-14-25-12-3-4-13-25)20-15-18(9-11-24-20)21(2,22)23;1-16-6-2-3-10(16)8-7-15-5-4-9(8)11(12,13)14/h4-14,23H,1-3H3;5,7-8,11,14H,3-4,6,9-10,12-13H2,1-2H3;5-11,15H,3-4,12-14H2,1-2H3;4-5,7,10H,2-3,6H2,1H3/b;;19-10+;/t;;;10-/m...0/s1. The Kier molecular flexibility index (Phi) is 25.4. The van der Waals surface area contributed by atoms with Gasteiger partial charge in [-0.2, -0.15) is 13.2 Å². The number of hydrogen-bond donors (Lipinski definition) is 0. The van der Waals surface area contributed by atoms with Crippen LogP contribution in [0.4, 0.5) is 35.5 Å². The Balaban J connectivity index is 0.000000159. The van der Waals surface area contributed by atoms with Crippen molar-refractivity contribution in [2.45, 2.75) is 130 Å². The molecule has 0 unspecified atom stereocenters. The minimum atomic E-state index is -4.29. The number of pyridine rings is 4. The number of rotatable bonds is 13. The van der Waals surface area contributed by atoms with Crippen LogP contribution in [0.5, 0.6) is 11.5 Å². The second-order valence-corrected chi connectivity index (χ2v) is 25.9. The molecule has 526 valence electrons. The van der Waals surface area contributed by atoms with Crippen molar-refractivity contribution in [3.05, 3.63) is 259 Å². The first kappa shape index (κ1) is 75.1. The van der Waals surface area contributed by atoms with Crippen LogP contribution in [0.3, 0.4) is 0 Å². The normalized spacial score (nSPS) is 15.8. The summed E-state index contributed by atoms with van der Waals surface area (Å²) in [6.45, 7) is 16.0. The molecular weight excluding hydrogens is 1310 g/mol. The molecule has 7 heterocycles. The molecule has 3 aliphatic heterocycles. The Hall–Kier alpha value is -9.11. The van der Waals surface area contributed by atoms with Crippen LogP contribution >= 0.6 is 11.6 Å². The lowest BCUT2D eigenvalue weighted by atomic mass is 9.87. The number of benzene rings is 4. The molecule has 21 heteroatoms. The number of ether oxygens (including phenoxy) is 3. The van der Waals surface area contributed by atoms with Crippen LogP contribution < -0.4 is 9.47 Å². The lowest BCUT2D eigenvalue weighted by molar-refractivity contribution is -0.139. The molecule has 4 aromatic heterocycles. The zero-order chi connectivity index (χ0) is 71.9. The molecule has 0 spiro atoms. The van der Waals surface area contributed by atoms with E-state index >= 15 is 0 Å². The van der Waals surface area contributed by atoms with Gasteiger partial charge >= 0.3 is 24.2 Å². The van der Waals surface area contributed by atoms with E-state index in [2.05, 4.69) is 51.1 Å². The molecule has 1 atom stereocenters. The van der Waals surface area contributed by atoms with Crippen LogP contribution in [0, 0.1) is 13.8 Å². The lowest BCUT2D eigenvalue weighted by Gasteiger charge is -2.29. The van der Waals surface area contributed by atoms with E-state index in [-0.39, 0.29) is 23.3 Å². The van der Waals surface area contributed by atoms with E-state index in [1.165, 1.54) is 115 Å². The van der Waals surface area contributed by atoms with E-state index < -0.39 is 41.4 Å². The van der Waals surface area contributed by atoms with E-state index in [1.807, 2.05) is 62.3 Å². The molecule has 0 N–H and O–H groups in total. The zero-order valence-electron chi connectivity index (χ0n) is 57.5. The summed E-state index contributed by atoms with van der Waals surface area (Å²) in [5.41, 5.74) is 14.1. The van der Waals surface area contributed by atoms with Gasteiger partial charge in [0.25, 0.3) is 11.8 Å². The summed E-state index contributed by atoms with van der Waals surface area (Å²) in [5.74, 6) is -6.48. The summed E-state index contributed by atoms with van der Waals surface area (Å²) in [7, 11) is 1.85. The third-order valence-electron chi connectivity index (χ3n) is 18.0. The Labute approximate surface area is 585 Å². The number of carbonyl (C=O) groups excluding carboxylic acids is 3. The number of aryl methyl sites for hydroxylation is 3. The maximum absolute atomic E-state index is 13.9. The molecule has 8 aromatic rings. The molecule has 13 nitrogen and oxygen atoms in total. The zero-order valence-corrected chi connectivity index (χ0v) is 58.2. The highest BCUT2D eigenvalue weighted by molar-refractivity contribution is 6.30. The average Bonchev–Trinajstić information content (AvgIpc) is 1.55. The molecule has 4 aliphatic rings. The number of piperidine rings is 1. The minimum Gasteiger partial charge on any atom is -0.450 e. The van der Waals surface area contributed by atoms with Gasteiger partial charge in [-0.15, -0.1) is 0 Å². The smallest absolute Gasteiger partial charge is 0.416 e. The SMILES string of the molecule is CC(=O)Oc1ccc(C(c2ccc(OC(C)=O)cc2)c2cc(C(C)(F)F)ccn2)cc1.CCOC(=O)N1CCC(=C2c3ccc(Cl)cc3CCc3c(C)ccnc32)CC1.CN1CCC[C@H]1c1cnccc1C(F)(F)F.Cc1ccc(/C(=C\CN2CCCC2)c2cc(C(C)(F)F)ccn2)cc1. The third-order valence-corrected chi connectivity index (χ3v) is 18.2. The number of fused-ring (bicyclic) bond motifs is 2. The minimum absolute atomic E-state index is 0.00307. The molecule has 0 saturated carbocycles. The quantitative estimate of drug-likeness (QED) is 0.0616. The van der Waals surface area contributed by atoms with Gasteiger partial charge in [0.2, 0.25) is 0 Å². The van der Waals surface area contributed by atoms with E-state index in [0.717, 1.165) is 118 Å². The van der Waals surface area contributed by atoms with Crippen molar-refractivity contribution in [1.29, 1.82) is 0 Å². The van der Waals surface area contributed by atoms with Gasteiger partial charge in [0.1, 0.15) is 11.5 Å². The van der Waals surface area contributed by atoms with E-state index in [9.17, 15) is 45.1 Å². The van der Waals surface area contributed by atoms with Crippen LogP contribution in [0.2, 0.25) is 5.02 Å². The molecule has 3 saturated heterocycles. The van der Waals surface area contributed by atoms with Crippen molar-refractivity contribution in [2.75, 3.05) is 52.9 Å². The topological polar surface area (TPSA) is 140 Å². The number of alkyl halides is 7. The first-order chi connectivity index (χ1) is 47.6. The molecule has 1 aliphatic carbocycles. The van der Waals surface area contributed by atoms with Crippen molar-refractivity contribution in [3.63, 3.8) is 0 Å². The Bertz CT molecular complexity index is 4120. The van der Waals surface area contributed by atoms with Crippen molar-refractivity contribution in [2.24, 2.45) is 0 Å². The fraction of sp³-hybridized carbons (Fsp3) is 0.354. The number of nitrogens with zero attached hydrogens (tertiary/aromatic N) is 7. The van der Waals surface area contributed by atoms with Gasteiger partial charge in [-0.05, 0) is 216 Å². The van der Waals surface area contributed by atoms with Gasteiger partial charge in [-0.1, -0.05) is 83.4 Å². The van der Waals surface area contributed by atoms with Crippen molar-refractivity contribution >= 4 is 40.8 Å². The Morgan fingerprint density at radius 2 is 1.26 bits per heavy atom.